The Balaban J connectivity index is 2.17. The number of carbonyl (C=O) groups excluding carboxylic acids is 3. The standard InChI is InChI=1S/C31H50N2O5S/c1-11-15-32(29(8,9)19-28(5,6)7)26(36)24-31-14-13-30(10,39-31)23(27(37)38-16-12-2)22(31)25(35)33(24)21(18-34)17-20(3)4/h11-12,20-24,34H,1-2,13-19H2,3-10H3/t21-,22+,23+,24?,30-,31?/m1/s1. The van der Waals surface area contributed by atoms with Crippen molar-refractivity contribution in [2.24, 2.45) is 23.2 Å². The van der Waals surface area contributed by atoms with Gasteiger partial charge in [-0.05, 0) is 57.8 Å². The molecule has 8 heteroatoms. The van der Waals surface area contributed by atoms with Gasteiger partial charge in [0.15, 0.2) is 0 Å². The summed E-state index contributed by atoms with van der Waals surface area (Å²) in [5, 5.41) is 10.5. The molecule has 2 unspecified atom stereocenters. The van der Waals surface area contributed by atoms with Crippen LogP contribution in [0.1, 0.15) is 81.1 Å². The molecule has 0 radical (unpaired) electrons. The van der Waals surface area contributed by atoms with Crippen molar-refractivity contribution < 1.29 is 24.2 Å². The monoisotopic (exact) mass is 562 g/mol. The summed E-state index contributed by atoms with van der Waals surface area (Å²) in [5.74, 6) is -1.86. The van der Waals surface area contributed by atoms with E-state index in [9.17, 15) is 19.5 Å². The Kier molecular flexibility index (Phi) is 9.13. The number of aliphatic hydroxyl groups is 1. The zero-order valence-electron chi connectivity index (χ0n) is 25.3. The Bertz CT molecular complexity index is 988. The van der Waals surface area contributed by atoms with E-state index in [1.54, 1.807) is 22.7 Å². The van der Waals surface area contributed by atoms with Crippen molar-refractivity contribution in [1.82, 2.24) is 9.80 Å². The van der Waals surface area contributed by atoms with E-state index in [4.69, 9.17) is 4.74 Å². The van der Waals surface area contributed by atoms with Crippen LogP contribution in [0.4, 0.5) is 0 Å². The van der Waals surface area contributed by atoms with Gasteiger partial charge in [0.1, 0.15) is 12.6 Å². The highest BCUT2D eigenvalue weighted by Gasteiger charge is 2.78. The maximum atomic E-state index is 14.9. The second-order valence-corrected chi connectivity index (χ2v) is 16.0. The van der Waals surface area contributed by atoms with E-state index in [0.717, 1.165) is 6.42 Å². The molecule has 220 valence electrons. The van der Waals surface area contributed by atoms with Gasteiger partial charge < -0.3 is 19.6 Å². The quantitative estimate of drug-likeness (QED) is 0.271. The molecule has 0 saturated carbocycles. The molecule has 2 bridgehead atoms. The molecule has 3 heterocycles. The predicted octanol–water partition coefficient (Wildman–Crippen LogP) is 4.83. The molecule has 3 aliphatic heterocycles. The number of esters is 1. The second kappa shape index (κ2) is 11.2. The van der Waals surface area contributed by atoms with Gasteiger partial charge in [-0.3, -0.25) is 14.4 Å². The van der Waals surface area contributed by atoms with E-state index in [-0.39, 0.29) is 36.4 Å². The first kappa shape index (κ1) is 31.7. The van der Waals surface area contributed by atoms with Gasteiger partial charge in [-0.1, -0.05) is 53.3 Å². The molecule has 6 atom stereocenters. The van der Waals surface area contributed by atoms with Crippen molar-refractivity contribution in [3.05, 3.63) is 25.3 Å². The van der Waals surface area contributed by atoms with Crippen LogP contribution in [0.5, 0.6) is 0 Å². The second-order valence-electron chi connectivity index (χ2n) is 14.1. The Morgan fingerprint density at radius 2 is 1.85 bits per heavy atom. The lowest BCUT2D eigenvalue weighted by Gasteiger charge is -2.46. The van der Waals surface area contributed by atoms with Crippen molar-refractivity contribution in [3.63, 3.8) is 0 Å². The van der Waals surface area contributed by atoms with E-state index in [1.807, 2.05) is 25.7 Å². The molecule has 3 rings (SSSR count). The summed E-state index contributed by atoms with van der Waals surface area (Å²) in [6.45, 7) is 24.5. The Hall–Kier alpha value is -1.80. The van der Waals surface area contributed by atoms with E-state index < -0.39 is 44.9 Å². The maximum absolute atomic E-state index is 14.9. The summed E-state index contributed by atoms with van der Waals surface area (Å²) >= 11 is 1.63. The number of rotatable bonds is 12. The lowest BCUT2D eigenvalue weighted by molar-refractivity contribution is -0.155. The summed E-state index contributed by atoms with van der Waals surface area (Å²) in [7, 11) is 0. The van der Waals surface area contributed by atoms with E-state index in [2.05, 4.69) is 47.8 Å². The predicted molar refractivity (Wildman–Crippen MR) is 157 cm³/mol. The third kappa shape index (κ3) is 5.70. The van der Waals surface area contributed by atoms with Crippen LogP contribution < -0.4 is 0 Å². The van der Waals surface area contributed by atoms with Crippen molar-refractivity contribution >= 4 is 29.5 Å². The molecular formula is C31H50N2O5S. The minimum atomic E-state index is -0.783. The van der Waals surface area contributed by atoms with Crippen LogP contribution >= 0.6 is 11.8 Å². The third-order valence-electron chi connectivity index (χ3n) is 8.66. The summed E-state index contributed by atoms with van der Waals surface area (Å²) < 4.78 is 4.26. The summed E-state index contributed by atoms with van der Waals surface area (Å²) in [6, 6.07) is -1.30. The molecule has 3 aliphatic rings. The summed E-state index contributed by atoms with van der Waals surface area (Å²) in [5.41, 5.74) is -0.540. The highest BCUT2D eigenvalue weighted by Crippen LogP contribution is 2.72. The van der Waals surface area contributed by atoms with Crippen molar-refractivity contribution in [3.8, 4) is 0 Å². The van der Waals surface area contributed by atoms with Crippen LogP contribution in [0, 0.1) is 23.2 Å². The SMILES string of the molecule is C=CCOC(=O)[C@@H]1[C@H]2C(=O)N([C@@H](CO)CC(C)C)C(C(=O)N(CC=C)C(C)(C)CC(C)(C)C)C23CC[C@@]1(C)S3. The Morgan fingerprint density at radius 1 is 1.21 bits per heavy atom. The number of amides is 2. The van der Waals surface area contributed by atoms with Gasteiger partial charge in [-0.2, -0.15) is 0 Å². The zero-order chi connectivity index (χ0) is 29.6. The van der Waals surface area contributed by atoms with Crippen LogP contribution in [-0.4, -0.2) is 79.6 Å². The van der Waals surface area contributed by atoms with E-state index >= 15 is 0 Å². The lowest BCUT2D eigenvalue weighted by Crippen LogP contribution is -2.61. The van der Waals surface area contributed by atoms with Gasteiger partial charge in [0.05, 0.1) is 29.2 Å². The number of carbonyl (C=O) groups is 3. The number of ether oxygens (including phenoxy) is 1. The van der Waals surface area contributed by atoms with Gasteiger partial charge in [0.25, 0.3) is 0 Å². The van der Waals surface area contributed by atoms with Crippen LogP contribution in [0.3, 0.4) is 0 Å². The summed E-state index contributed by atoms with van der Waals surface area (Å²) in [4.78, 5) is 46.3. The normalized spacial score (nSPS) is 30.9. The Labute approximate surface area is 239 Å². The molecule has 0 aromatic rings. The molecule has 3 fully saturated rings. The van der Waals surface area contributed by atoms with E-state index in [0.29, 0.717) is 25.8 Å². The zero-order valence-corrected chi connectivity index (χ0v) is 26.1. The highest BCUT2D eigenvalue weighted by atomic mass is 32.2. The van der Waals surface area contributed by atoms with Gasteiger partial charge in [0.2, 0.25) is 11.8 Å². The molecule has 0 aliphatic carbocycles. The molecule has 7 nitrogen and oxygen atoms in total. The lowest BCUT2D eigenvalue weighted by atomic mass is 9.66. The highest BCUT2D eigenvalue weighted by molar-refractivity contribution is 8.02. The van der Waals surface area contributed by atoms with Crippen molar-refractivity contribution in [2.75, 3.05) is 19.8 Å². The van der Waals surface area contributed by atoms with Crippen LogP contribution in [0.25, 0.3) is 0 Å². The van der Waals surface area contributed by atoms with Crippen LogP contribution in [0.15, 0.2) is 25.3 Å². The number of nitrogens with zero attached hydrogens (tertiary/aromatic N) is 2. The average Bonchev–Trinajstić information content (AvgIpc) is 3.38. The molecule has 2 amide bonds. The molecule has 1 spiro atoms. The minimum Gasteiger partial charge on any atom is -0.461 e. The van der Waals surface area contributed by atoms with E-state index in [1.165, 1.54) is 6.08 Å². The summed E-state index contributed by atoms with van der Waals surface area (Å²) in [6.07, 6.45) is 5.97. The number of likely N-dealkylation sites (tertiary alicyclic amines) is 1. The number of fused-ring (bicyclic) bond motifs is 1. The fourth-order valence-corrected chi connectivity index (χ4v) is 10.1. The number of aliphatic hydroxyl groups excluding tert-OH is 1. The average molecular weight is 563 g/mol. The molecule has 1 N–H and O–H groups in total. The fourth-order valence-electron chi connectivity index (χ4n) is 7.75. The molecular weight excluding hydrogens is 512 g/mol. The maximum Gasteiger partial charge on any atom is 0.311 e. The number of hydrogen-bond acceptors (Lipinski definition) is 6. The smallest absolute Gasteiger partial charge is 0.311 e. The first-order chi connectivity index (χ1) is 18.0. The minimum absolute atomic E-state index is 0.0332. The Morgan fingerprint density at radius 3 is 2.36 bits per heavy atom. The van der Waals surface area contributed by atoms with Crippen LogP contribution in [-0.2, 0) is 19.1 Å². The molecule has 0 aromatic heterocycles. The molecule has 0 aromatic carbocycles. The third-order valence-corrected chi connectivity index (χ3v) is 10.7. The van der Waals surface area contributed by atoms with Crippen LogP contribution in [0.2, 0.25) is 0 Å². The van der Waals surface area contributed by atoms with Crippen molar-refractivity contribution in [2.45, 2.75) is 108 Å². The number of hydrogen-bond donors (Lipinski definition) is 1. The largest absolute Gasteiger partial charge is 0.461 e. The number of thioether (sulfide) groups is 1. The molecule has 3 saturated heterocycles. The topological polar surface area (TPSA) is 87.1 Å². The first-order valence-corrected chi connectivity index (χ1v) is 15.1. The van der Waals surface area contributed by atoms with Gasteiger partial charge >= 0.3 is 5.97 Å². The van der Waals surface area contributed by atoms with Gasteiger partial charge in [-0.15, -0.1) is 18.3 Å². The van der Waals surface area contributed by atoms with Crippen molar-refractivity contribution in [1.29, 1.82) is 0 Å². The van der Waals surface area contributed by atoms with Gasteiger partial charge in [0, 0.05) is 16.8 Å². The fraction of sp³-hybridized carbons (Fsp3) is 0.774. The molecule has 39 heavy (non-hydrogen) atoms. The first-order valence-electron chi connectivity index (χ1n) is 14.3. The van der Waals surface area contributed by atoms with Gasteiger partial charge in [-0.25, -0.2) is 0 Å².